The number of ether oxygens (including phenoxy) is 1. The number of aliphatic imine (C=N–C) groups is 1. The maximum atomic E-state index is 6.64. The smallest absolute Gasteiger partial charge is 0.212 e. The van der Waals surface area contributed by atoms with Crippen LogP contribution in [0.4, 0.5) is 10.8 Å². The highest BCUT2D eigenvalue weighted by Crippen LogP contribution is 2.31. The predicted molar refractivity (Wildman–Crippen MR) is 146 cm³/mol. The van der Waals surface area contributed by atoms with Crippen molar-refractivity contribution in [2.24, 2.45) is 16.5 Å². The molecule has 0 saturated carbocycles. The van der Waals surface area contributed by atoms with Crippen molar-refractivity contribution >= 4 is 28.1 Å². The molecule has 1 unspecified atom stereocenters. The van der Waals surface area contributed by atoms with Crippen LogP contribution in [0.15, 0.2) is 89.2 Å². The lowest BCUT2D eigenvalue weighted by atomic mass is 10.1. The molecule has 0 fully saturated rings. The molecule has 4 aromatic rings. The monoisotopic (exact) mass is 485 g/mol. The van der Waals surface area contributed by atoms with Gasteiger partial charge in [0, 0.05) is 29.6 Å². The number of aromatic nitrogens is 1. The molecule has 0 spiro atoms. The van der Waals surface area contributed by atoms with E-state index in [1.54, 1.807) is 0 Å². The summed E-state index contributed by atoms with van der Waals surface area (Å²) >= 11 is 1.40. The van der Waals surface area contributed by atoms with Gasteiger partial charge < -0.3 is 21.1 Å². The van der Waals surface area contributed by atoms with Crippen LogP contribution in [-0.2, 0) is 6.54 Å². The fourth-order valence-corrected chi connectivity index (χ4v) is 4.56. The van der Waals surface area contributed by atoms with Crippen LogP contribution < -0.4 is 21.1 Å². The lowest BCUT2D eigenvalue weighted by Crippen LogP contribution is -2.39. The van der Waals surface area contributed by atoms with Gasteiger partial charge in [0.25, 0.3) is 0 Å². The largest absolute Gasteiger partial charge is 0.471 e. The Hall–Kier alpha value is -3.84. The minimum Gasteiger partial charge on any atom is -0.471 e. The average molecular weight is 486 g/mol. The van der Waals surface area contributed by atoms with E-state index in [0.29, 0.717) is 5.13 Å². The van der Waals surface area contributed by atoms with Crippen molar-refractivity contribution in [2.75, 3.05) is 4.90 Å². The predicted octanol–water partition coefficient (Wildman–Crippen LogP) is 6.24. The zero-order valence-corrected chi connectivity index (χ0v) is 20.9. The quantitative estimate of drug-likeness (QED) is 0.158. The second-order valence-electron chi connectivity index (χ2n) is 8.39. The van der Waals surface area contributed by atoms with E-state index in [2.05, 4.69) is 77.3 Å². The fourth-order valence-electron chi connectivity index (χ4n) is 3.85. The fraction of sp³-hybridized carbons (Fsp3) is 0.214. The van der Waals surface area contributed by atoms with Gasteiger partial charge in [-0.3, -0.25) is 0 Å². The molecule has 7 heteroatoms. The maximum absolute atomic E-state index is 6.64. The number of nitrogens with two attached hydrogens (primary N) is 2. The van der Waals surface area contributed by atoms with Gasteiger partial charge in [-0.15, -0.1) is 11.3 Å². The topological polar surface area (TPSA) is 89.8 Å². The lowest BCUT2D eigenvalue weighted by Gasteiger charge is -2.34. The third kappa shape index (κ3) is 6.61. The first-order valence-corrected chi connectivity index (χ1v) is 12.6. The summed E-state index contributed by atoms with van der Waals surface area (Å²) in [5, 5.41) is 2.47. The van der Waals surface area contributed by atoms with E-state index in [-0.39, 0.29) is 12.2 Å². The Morgan fingerprint density at radius 2 is 1.80 bits per heavy atom. The molecular weight excluding hydrogens is 454 g/mol. The number of rotatable bonds is 10. The Morgan fingerprint density at radius 1 is 1.03 bits per heavy atom. The number of thiazole rings is 1. The molecule has 0 aliphatic carbocycles. The molecule has 1 heterocycles. The van der Waals surface area contributed by atoms with Gasteiger partial charge in [-0.25, -0.2) is 4.98 Å². The molecule has 4 N–H and O–H groups in total. The van der Waals surface area contributed by atoms with E-state index in [4.69, 9.17) is 16.2 Å². The van der Waals surface area contributed by atoms with Crippen molar-refractivity contribution in [3.8, 4) is 17.0 Å². The summed E-state index contributed by atoms with van der Waals surface area (Å²) in [6.45, 7) is 5.04. The van der Waals surface area contributed by atoms with E-state index in [9.17, 15) is 0 Å². The first kappa shape index (κ1) is 24.3. The number of benzene rings is 3. The van der Waals surface area contributed by atoms with Crippen molar-refractivity contribution in [1.82, 2.24) is 4.98 Å². The maximum Gasteiger partial charge on any atom is 0.212 e. The van der Waals surface area contributed by atoms with E-state index in [1.807, 2.05) is 35.7 Å². The standard InChI is InChI=1S/C28H31N5OS/c1-3-8-26(33(18-21-9-5-4-6-10-21)23-15-13-20(2)14-16-23)34-24-12-7-11-22(17-24)25-19-35-28(31-25)32-27(29)30/h4-7,9-17,19,26H,3,8,18H2,1-2H3,(H4,29,30,31,32). The Bertz CT molecular complexity index is 1250. The molecular formula is C28H31N5OS. The number of hydrogen-bond donors (Lipinski definition) is 2. The summed E-state index contributed by atoms with van der Waals surface area (Å²) < 4.78 is 6.64. The molecule has 6 nitrogen and oxygen atoms in total. The molecule has 0 radical (unpaired) electrons. The Labute approximate surface area is 210 Å². The summed E-state index contributed by atoms with van der Waals surface area (Å²) in [7, 11) is 0. The van der Waals surface area contributed by atoms with Gasteiger partial charge in [-0.05, 0) is 36.8 Å². The van der Waals surface area contributed by atoms with Gasteiger partial charge in [0.2, 0.25) is 5.13 Å². The van der Waals surface area contributed by atoms with E-state index < -0.39 is 0 Å². The number of aryl methyl sites for hydroxylation is 1. The molecule has 180 valence electrons. The van der Waals surface area contributed by atoms with Gasteiger partial charge >= 0.3 is 0 Å². The van der Waals surface area contributed by atoms with E-state index in [0.717, 1.165) is 42.1 Å². The van der Waals surface area contributed by atoms with Crippen molar-refractivity contribution < 1.29 is 4.74 Å². The molecule has 0 aliphatic rings. The van der Waals surface area contributed by atoms with Crippen molar-refractivity contribution in [2.45, 2.75) is 39.5 Å². The van der Waals surface area contributed by atoms with Crippen LogP contribution in [0.5, 0.6) is 5.75 Å². The van der Waals surface area contributed by atoms with Crippen molar-refractivity contribution in [1.29, 1.82) is 0 Å². The molecule has 0 saturated heterocycles. The molecule has 0 bridgehead atoms. The van der Waals surface area contributed by atoms with Gasteiger partial charge in [0.1, 0.15) is 5.75 Å². The van der Waals surface area contributed by atoms with Crippen LogP contribution in [0, 0.1) is 6.92 Å². The van der Waals surface area contributed by atoms with Crippen LogP contribution in [-0.4, -0.2) is 17.2 Å². The van der Waals surface area contributed by atoms with Crippen LogP contribution in [0.2, 0.25) is 0 Å². The summed E-state index contributed by atoms with van der Waals surface area (Å²) in [4.78, 5) is 10.9. The van der Waals surface area contributed by atoms with Crippen LogP contribution in [0.25, 0.3) is 11.3 Å². The van der Waals surface area contributed by atoms with Crippen molar-refractivity contribution in [3.63, 3.8) is 0 Å². The highest BCUT2D eigenvalue weighted by atomic mass is 32.1. The molecule has 0 amide bonds. The summed E-state index contributed by atoms with van der Waals surface area (Å²) in [5.41, 5.74) is 16.4. The molecule has 4 rings (SSSR count). The Balaban J connectivity index is 1.63. The van der Waals surface area contributed by atoms with Gasteiger partial charge in [-0.2, -0.15) is 4.99 Å². The summed E-state index contributed by atoms with van der Waals surface area (Å²) in [6.07, 6.45) is 1.75. The summed E-state index contributed by atoms with van der Waals surface area (Å²) in [6, 6.07) is 27.1. The molecule has 1 atom stereocenters. The number of nitrogens with zero attached hydrogens (tertiary/aromatic N) is 3. The number of anilines is 1. The van der Waals surface area contributed by atoms with Gasteiger partial charge in [-0.1, -0.05) is 73.5 Å². The minimum absolute atomic E-state index is 0.00000431. The average Bonchev–Trinajstić information content (AvgIpc) is 3.32. The van der Waals surface area contributed by atoms with Crippen LogP contribution >= 0.6 is 11.3 Å². The molecule has 1 aromatic heterocycles. The molecule has 3 aromatic carbocycles. The summed E-state index contributed by atoms with van der Waals surface area (Å²) in [5.74, 6) is 0.794. The van der Waals surface area contributed by atoms with Crippen LogP contribution in [0.3, 0.4) is 0 Å². The van der Waals surface area contributed by atoms with Crippen LogP contribution in [0.1, 0.15) is 30.9 Å². The van der Waals surface area contributed by atoms with E-state index in [1.165, 1.54) is 22.5 Å². The van der Waals surface area contributed by atoms with Gasteiger partial charge in [0.05, 0.1) is 5.69 Å². The van der Waals surface area contributed by atoms with Crippen molar-refractivity contribution in [3.05, 3.63) is 95.4 Å². The third-order valence-corrected chi connectivity index (χ3v) is 6.30. The Morgan fingerprint density at radius 3 is 2.51 bits per heavy atom. The molecule has 0 aliphatic heterocycles. The van der Waals surface area contributed by atoms with E-state index >= 15 is 0 Å². The third-order valence-electron chi connectivity index (χ3n) is 5.56. The lowest BCUT2D eigenvalue weighted by molar-refractivity contribution is 0.182. The zero-order chi connectivity index (χ0) is 24.6. The first-order valence-electron chi connectivity index (χ1n) is 11.7. The molecule has 35 heavy (non-hydrogen) atoms. The highest BCUT2D eigenvalue weighted by molar-refractivity contribution is 7.13. The number of hydrogen-bond acceptors (Lipinski definition) is 5. The second kappa shape index (κ2) is 11.5. The highest BCUT2D eigenvalue weighted by Gasteiger charge is 2.21. The SMILES string of the molecule is CCCC(Oc1cccc(-c2csc(N=C(N)N)n2)c1)N(Cc1ccccc1)c1ccc(C)cc1. The zero-order valence-electron chi connectivity index (χ0n) is 20.1. The number of guanidine groups is 1. The Kier molecular flexibility index (Phi) is 8.00. The first-order chi connectivity index (χ1) is 17.0. The minimum atomic E-state index is -0.134. The van der Waals surface area contributed by atoms with Gasteiger partial charge in [0.15, 0.2) is 12.2 Å². The normalized spacial score (nSPS) is 11.6. The second-order valence-corrected chi connectivity index (χ2v) is 9.23.